The van der Waals surface area contributed by atoms with Gasteiger partial charge < -0.3 is 4.57 Å². The van der Waals surface area contributed by atoms with Crippen LogP contribution in [0.3, 0.4) is 0 Å². The molecule has 0 aliphatic carbocycles. The van der Waals surface area contributed by atoms with Crippen molar-refractivity contribution in [2.75, 3.05) is 0 Å². The Kier molecular flexibility index (Phi) is 1.92. The molecule has 0 N–H and O–H groups in total. The summed E-state index contributed by atoms with van der Waals surface area (Å²) in [5.74, 6) is 0. The number of imidazole rings is 1. The molecular weight excluding hydrogens is 164 g/mol. The second-order valence-corrected chi connectivity index (χ2v) is 2.62. The SMILES string of the molecule is O=CC=Cn1cnc2ccccc21. The molecule has 0 fully saturated rings. The number of rotatable bonds is 2. The summed E-state index contributed by atoms with van der Waals surface area (Å²) in [6.07, 6.45) is 5.55. The molecule has 3 nitrogen and oxygen atoms in total. The Labute approximate surface area is 75.3 Å². The third-order valence-electron chi connectivity index (χ3n) is 1.81. The van der Waals surface area contributed by atoms with Gasteiger partial charge in [-0.3, -0.25) is 4.79 Å². The van der Waals surface area contributed by atoms with Crippen LogP contribution in [-0.2, 0) is 4.79 Å². The summed E-state index contributed by atoms with van der Waals surface area (Å²) in [6.45, 7) is 0. The van der Waals surface area contributed by atoms with E-state index in [4.69, 9.17) is 0 Å². The first-order chi connectivity index (χ1) is 6.42. The Morgan fingerprint density at radius 1 is 1.31 bits per heavy atom. The number of carbonyl (C=O) groups excluding carboxylic acids is 1. The molecule has 13 heavy (non-hydrogen) atoms. The molecule has 2 rings (SSSR count). The lowest BCUT2D eigenvalue weighted by atomic mass is 10.3. The van der Waals surface area contributed by atoms with Crippen LogP contribution >= 0.6 is 0 Å². The number of fused-ring (bicyclic) bond motifs is 1. The van der Waals surface area contributed by atoms with Crippen LogP contribution in [0.1, 0.15) is 0 Å². The zero-order chi connectivity index (χ0) is 9.10. The molecule has 0 aliphatic heterocycles. The van der Waals surface area contributed by atoms with E-state index in [-0.39, 0.29) is 0 Å². The number of carbonyl (C=O) groups is 1. The van der Waals surface area contributed by atoms with E-state index in [0.29, 0.717) is 0 Å². The molecule has 0 atom stereocenters. The van der Waals surface area contributed by atoms with E-state index >= 15 is 0 Å². The van der Waals surface area contributed by atoms with Gasteiger partial charge in [-0.05, 0) is 18.2 Å². The smallest absolute Gasteiger partial charge is 0.144 e. The van der Waals surface area contributed by atoms with Crippen LogP contribution in [0.4, 0.5) is 0 Å². The summed E-state index contributed by atoms with van der Waals surface area (Å²) in [5.41, 5.74) is 1.93. The highest BCUT2D eigenvalue weighted by molar-refractivity contribution is 5.79. The Morgan fingerprint density at radius 3 is 3.00 bits per heavy atom. The molecule has 0 saturated carbocycles. The van der Waals surface area contributed by atoms with Gasteiger partial charge in [-0.2, -0.15) is 0 Å². The lowest BCUT2D eigenvalue weighted by Gasteiger charge is -1.92. The number of benzene rings is 1. The molecule has 2 aromatic rings. The highest BCUT2D eigenvalue weighted by Gasteiger charge is 1.96. The van der Waals surface area contributed by atoms with Gasteiger partial charge in [0.1, 0.15) is 6.29 Å². The van der Waals surface area contributed by atoms with Gasteiger partial charge in [-0.25, -0.2) is 4.98 Å². The van der Waals surface area contributed by atoms with Gasteiger partial charge in [0.15, 0.2) is 0 Å². The van der Waals surface area contributed by atoms with E-state index in [1.54, 1.807) is 12.5 Å². The van der Waals surface area contributed by atoms with Crippen LogP contribution in [-0.4, -0.2) is 15.8 Å². The predicted octanol–water partition coefficient (Wildman–Crippen LogP) is 1.71. The standard InChI is InChI=1S/C10H8N2O/c13-7-3-6-12-8-11-9-4-1-2-5-10(9)12/h1-8H. The monoisotopic (exact) mass is 172 g/mol. The molecule has 1 aromatic carbocycles. The number of aldehydes is 1. The maximum absolute atomic E-state index is 10.1. The summed E-state index contributed by atoms with van der Waals surface area (Å²) in [5, 5.41) is 0. The third kappa shape index (κ3) is 1.36. The van der Waals surface area contributed by atoms with E-state index in [9.17, 15) is 4.79 Å². The number of nitrogens with zero attached hydrogens (tertiary/aromatic N) is 2. The highest BCUT2D eigenvalue weighted by Crippen LogP contribution is 2.11. The molecule has 0 unspecified atom stereocenters. The predicted molar refractivity (Wildman–Crippen MR) is 51.1 cm³/mol. The zero-order valence-electron chi connectivity index (χ0n) is 6.92. The normalized spacial score (nSPS) is 11.1. The summed E-state index contributed by atoms with van der Waals surface area (Å²) < 4.78 is 1.81. The lowest BCUT2D eigenvalue weighted by molar-refractivity contribution is -0.104. The van der Waals surface area contributed by atoms with Gasteiger partial charge in [-0.15, -0.1) is 0 Å². The molecule has 0 saturated heterocycles. The quantitative estimate of drug-likeness (QED) is 0.510. The molecule has 0 bridgehead atoms. The molecule has 64 valence electrons. The first kappa shape index (κ1) is 7.73. The molecule has 3 heteroatoms. The van der Waals surface area contributed by atoms with Crippen LogP contribution in [0.15, 0.2) is 36.7 Å². The average Bonchev–Trinajstić information content (AvgIpc) is 2.58. The van der Waals surface area contributed by atoms with Crippen molar-refractivity contribution in [3.63, 3.8) is 0 Å². The maximum atomic E-state index is 10.1. The lowest BCUT2D eigenvalue weighted by Crippen LogP contribution is -1.81. The number of aromatic nitrogens is 2. The van der Waals surface area contributed by atoms with Crippen LogP contribution in [0.25, 0.3) is 17.2 Å². The molecule has 0 spiro atoms. The fraction of sp³-hybridized carbons (Fsp3) is 0. The summed E-state index contributed by atoms with van der Waals surface area (Å²) >= 11 is 0. The minimum absolute atomic E-state index is 0.745. The second kappa shape index (κ2) is 3.23. The largest absolute Gasteiger partial charge is 0.306 e. The second-order valence-electron chi connectivity index (χ2n) is 2.62. The zero-order valence-corrected chi connectivity index (χ0v) is 6.92. The van der Waals surface area contributed by atoms with Gasteiger partial charge in [0, 0.05) is 6.20 Å². The minimum Gasteiger partial charge on any atom is -0.306 e. The van der Waals surface area contributed by atoms with Crippen molar-refractivity contribution in [1.82, 2.24) is 9.55 Å². The maximum Gasteiger partial charge on any atom is 0.144 e. The Bertz CT molecular complexity index is 457. The first-order valence-corrected chi connectivity index (χ1v) is 3.95. The van der Waals surface area contributed by atoms with Crippen molar-refractivity contribution < 1.29 is 4.79 Å². The summed E-state index contributed by atoms with van der Waals surface area (Å²) in [7, 11) is 0. The van der Waals surface area contributed by atoms with Gasteiger partial charge in [0.2, 0.25) is 0 Å². The molecular formula is C10H8N2O. The fourth-order valence-corrected chi connectivity index (χ4v) is 1.22. The topological polar surface area (TPSA) is 34.9 Å². The Morgan fingerprint density at radius 2 is 2.15 bits per heavy atom. The van der Waals surface area contributed by atoms with E-state index in [1.165, 1.54) is 6.08 Å². The first-order valence-electron chi connectivity index (χ1n) is 3.95. The van der Waals surface area contributed by atoms with Crippen LogP contribution < -0.4 is 0 Å². The van der Waals surface area contributed by atoms with Gasteiger partial charge >= 0.3 is 0 Å². The van der Waals surface area contributed by atoms with Gasteiger partial charge in [0.25, 0.3) is 0 Å². The van der Waals surface area contributed by atoms with Crippen molar-refractivity contribution in [3.8, 4) is 0 Å². The van der Waals surface area contributed by atoms with E-state index < -0.39 is 0 Å². The average molecular weight is 172 g/mol. The number of hydrogen-bond acceptors (Lipinski definition) is 2. The van der Waals surface area contributed by atoms with Crippen molar-refractivity contribution in [2.45, 2.75) is 0 Å². The third-order valence-corrected chi connectivity index (χ3v) is 1.81. The Hall–Kier alpha value is -1.90. The number of para-hydroxylation sites is 2. The van der Waals surface area contributed by atoms with Crippen LogP contribution in [0, 0.1) is 0 Å². The van der Waals surface area contributed by atoms with E-state index in [0.717, 1.165) is 17.3 Å². The van der Waals surface area contributed by atoms with Crippen molar-refractivity contribution >= 4 is 23.5 Å². The number of hydrogen-bond donors (Lipinski definition) is 0. The fourth-order valence-electron chi connectivity index (χ4n) is 1.22. The Balaban J connectivity index is 2.57. The van der Waals surface area contributed by atoms with Crippen LogP contribution in [0.2, 0.25) is 0 Å². The molecule has 0 radical (unpaired) electrons. The van der Waals surface area contributed by atoms with E-state index in [1.807, 2.05) is 28.8 Å². The van der Waals surface area contributed by atoms with Gasteiger partial charge in [-0.1, -0.05) is 12.1 Å². The van der Waals surface area contributed by atoms with Crippen molar-refractivity contribution in [3.05, 3.63) is 36.7 Å². The number of allylic oxidation sites excluding steroid dienone is 1. The van der Waals surface area contributed by atoms with Crippen LogP contribution in [0.5, 0.6) is 0 Å². The molecule has 0 aliphatic rings. The van der Waals surface area contributed by atoms with E-state index in [2.05, 4.69) is 4.98 Å². The highest BCUT2D eigenvalue weighted by atomic mass is 16.1. The molecule has 1 heterocycles. The summed E-state index contributed by atoms with van der Waals surface area (Å²) in [4.78, 5) is 14.3. The molecule has 0 amide bonds. The molecule has 1 aromatic heterocycles. The summed E-state index contributed by atoms with van der Waals surface area (Å²) in [6, 6.07) is 7.76. The van der Waals surface area contributed by atoms with Crippen molar-refractivity contribution in [1.29, 1.82) is 0 Å². The minimum atomic E-state index is 0.745. The van der Waals surface area contributed by atoms with Crippen molar-refractivity contribution in [2.24, 2.45) is 0 Å². The van der Waals surface area contributed by atoms with Gasteiger partial charge in [0.05, 0.1) is 17.4 Å².